The number of aromatic nitrogens is 3. The summed E-state index contributed by atoms with van der Waals surface area (Å²) in [5.41, 5.74) is 2.73. The Bertz CT molecular complexity index is 893. The highest BCUT2D eigenvalue weighted by atomic mass is 16.5. The van der Waals surface area contributed by atoms with E-state index >= 15 is 0 Å². The third-order valence-electron chi connectivity index (χ3n) is 5.22. The first-order valence-corrected chi connectivity index (χ1v) is 9.17. The molecule has 4 heterocycles. The lowest BCUT2D eigenvalue weighted by Crippen LogP contribution is -2.42. The fourth-order valence-electron chi connectivity index (χ4n) is 3.82. The number of ether oxygens (including phenoxy) is 1. The molecule has 2 aliphatic heterocycles. The van der Waals surface area contributed by atoms with Gasteiger partial charge in [0, 0.05) is 19.3 Å². The number of carbonyl (C=O) groups excluding carboxylic acids is 1. The predicted octanol–water partition coefficient (Wildman–Crippen LogP) is 1.50. The van der Waals surface area contributed by atoms with E-state index in [-0.39, 0.29) is 23.1 Å². The van der Waals surface area contributed by atoms with Gasteiger partial charge in [0.2, 0.25) is 0 Å². The highest BCUT2D eigenvalue weighted by Gasteiger charge is 2.27. The second-order valence-electron chi connectivity index (χ2n) is 7.19. The van der Waals surface area contributed by atoms with E-state index < -0.39 is 0 Å². The summed E-state index contributed by atoms with van der Waals surface area (Å²) in [5, 5.41) is 4.42. The highest BCUT2D eigenvalue weighted by Crippen LogP contribution is 2.17. The van der Waals surface area contributed by atoms with Gasteiger partial charge in [-0.05, 0) is 44.4 Å². The first kappa shape index (κ1) is 17.0. The second-order valence-corrected chi connectivity index (χ2v) is 7.19. The molecule has 0 bridgehead atoms. The minimum atomic E-state index is -0.222. The van der Waals surface area contributed by atoms with E-state index in [2.05, 4.69) is 5.10 Å². The highest BCUT2D eigenvalue weighted by molar-refractivity contribution is 5.95. The van der Waals surface area contributed by atoms with Crippen molar-refractivity contribution in [3.8, 4) is 0 Å². The van der Waals surface area contributed by atoms with Crippen molar-refractivity contribution in [2.24, 2.45) is 0 Å². The van der Waals surface area contributed by atoms with Gasteiger partial charge in [-0.3, -0.25) is 14.3 Å². The zero-order valence-electron chi connectivity index (χ0n) is 15.3. The van der Waals surface area contributed by atoms with E-state index in [1.807, 2.05) is 30.7 Å². The van der Waals surface area contributed by atoms with Crippen LogP contribution in [0.2, 0.25) is 0 Å². The summed E-state index contributed by atoms with van der Waals surface area (Å²) in [5.74, 6) is -0.195. The van der Waals surface area contributed by atoms with Gasteiger partial charge in [-0.1, -0.05) is 0 Å². The molecule has 1 unspecified atom stereocenters. The van der Waals surface area contributed by atoms with E-state index in [0.717, 1.165) is 36.4 Å². The van der Waals surface area contributed by atoms with Crippen LogP contribution in [0.15, 0.2) is 23.1 Å². The Labute approximate surface area is 152 Å². The van der Waals surface area contributed by atoms with Crippen LogP contribution in [0.25, 0.3) is 0 Å². The Morgan fingerprint density at radius 1 is 1.35 bits per heavy atom. The summed E-state index contributed by atoms with van der Waals surface area (Å²) in [7, 11) is 0. The quantitative estimate of drug-likeness (QED) is 0.836. The normalized spacial score (nSPS) is 19.6. The zero-order valence-corrected chi connectivity index (χ0v) is 15.3. The van der Waals surface area contributed by atoms with E-state index in [1.54, 1.807) is 15.7 Å². The Balaban J connectivity index is 1.60. The molecule has 0 radical (unpaired) electrons. The van der Waals surface area contributed by atoms with Crippen molar-refractivity contribution in [2.45, 2.75) is 52.4 Å². The molecule has 26 heavy (non-hydrogen) atoms. The molecule has 138 valence electrons. The number of rotatable bonds is 3. The summed E-state index contributed by atoms with van der Waals surface area (Å²) in [4.78, 5) is 27.8. The predicted molar refractivity (Wildman–Crippen MR) is 96.1 cm³/mol. The number of hydrogen-bond donors (Lipinski definition) is 0. The maximum atomic E-state index is 13.1. The van der Waals surface area contributed by atoms with Crippen molar-refractivity contribution in [3.63, 3.8) is 0 Å². The Hall–Kier alpha value is -2.41. The summed E-state index contributed by atoms with van der Waals surface area (Å²) in [6.45, 7) is 6.73. The molecular formula is C19H24N4O3. The molecule has 4 rings (SSSR count). The molecule has 2 aromatic heterocycles. The number of nitrogens with zero attached hydrogens (tertiary/aromatic N) is 4. The molecule has 0 saturated carbocycles. The maximum Gasteiger partial charge on any atom is 0.263 e. The fourth-order valence-corrected chi connectivity index (χ4v) is 3.82. The van der Waals surface area contributed by atoms with Gasteiger partial charge in [0.25, 0.3) is 11.5 Å². The maximum absolute atomic E-state index is 13.1. The molecule has 0 aliphatic carbocycles. The van der Waals surface area contributed by atoms with Crippen LogP contribution >= 0.6 is 0 Å². The van der Waals surface area contributed by atoms with Crippen LogP contribution in [0.5, 0.6) is 0 Å². The molecule has 1 fully saturated rings. The standard InChI is InChI=1S/C19H24N4O3/c1-13-5-6-21(12-16-4-3-9-26-16)18(24)17(13)19(25)22-7-8-23-15(11-22)10-14(2)20-23/h5-6,10,16H,3-4,7-9,11-12H2,1-2H3. The van der Waals surface area contributed by atoms with Crippen molar-refractivity contribution in [3.05, 3.63) is 51.2 Å². The van der Waals surface area contributed by atoms with Crippen molar-refractivity contribution < 1.29 is 9.53 Å². The van der Waals surface area contributed by atoms with Gasteiger partial charge >= 0.3 is 0 Å². The molecule has 0 N–H and O–H groups in total. The van der Waals surface area contributed by atoms with Gasteiger partial charge in [0.05, 0.1) is 37.1 Å². The van der Waals surface area contributed by atoms with Crippen LogP contribution in [-0.4, -0.2) is 44.4 Å². The van der Waals surface area contributed by atoms with Crippen molar-refractivity contribution >= 4 is 5.91 Å². The minimum Gasteiger partial charge on any atom is -0.376 e. The van der Waals surface area contributed by atoms with Gasteiger partial charge in [0.1, 0.15) is 5.56 Å². The lowest BCUT2D eigenvalue weighted by Gasteiger charge is -2.28. The third-order valence-corrected chi connectivity index (χ3v) is 5.22. The second kappa shape index (κ2) is 6.72. The number of pyridine rings is 1. The number of fused-ring (bicyclic) bond motifs is 1. The van der Waals surface area contributed by atoms with Crippen LogP contribution in [0.4, 0.5) is 0 Å². The van der Waals surface area contributed by atoms with Gasteiger partial charge in [0.15, 0.2) is 0 Å². The first-order valence-electron chi connectivity index (χ1n) is 9.17. The van der Waals surface area contributed by atoms with Crippen LogP contribution in [0.1, 0.15) is 40.2 Å². The Morgan fingerprint density at radius 3 is 2.96 bits per heavy atom. The molecule has 1 atom stereocenters. The third kappa shape index (κ3) is 3.07. The van der Waals surface area contributed by atoms with Gasteiger partial charge in [-0.25, -0.2) is 0 Å². The lowest BCUT2D eigenvalue weighted by molar-refractivity contribution is 0.0700. The molecule has 7 heteroatoms. The Morgan fingerprint density at radius 2 is 2.19 bits per heavy atom. The van der Waals surface area contributed by atoms with E-state index in [4.69, 9.17) is 4.74 Å². The molecule has 7 nitrogen and oxygen atoms in total. The number of amides is 1. The van der Waals surface area contributed by atoms with Crippen LogP contribution < -0.4 is 5.56 Å². The van der Waals surface area contributed by atoms with Gasteiger partial charge in [-0.15, -0.1) is 0 Å². The largest absolute Gasteiger partial charge is 0.376 e. The monoisotopic (exact) mass is 356 g/mol. The summed E-state index contributed by atoms with van der Waals surface area (Å²) >= 11 is 0. The van der Waals surface area contributed by atoms with Crippen molar-refractivity contribution in [1.29, 1.82) is 0 Å². The van der Waals surface area contributed by atoms with Crippen molar-refractivity contribution in [1.82, 2.24) is 19.2 Å². The molecule has 2 aliphatic rings. The SMILES string of the molecule is Cc1cc2n(n1)CCN(C(=O)c1c(C)ccn(CC3CCCO3)c1=O)C2. The van der Waals surface area contributed by atoms with E-state index in [9.17, 15) is 9.59 Å². The average molecular weight is 356 g/mol. The number of hydrogen-bond acceptors (Lipinski definition) is 4. The van der Waals surface area contributed by atoms with Crippen LogP contribution in [0, 0.1) is 13.8 Å². The first-order chi connectivity index (χ1) is 12.5. The smallest absolute Gasteiger partial charge is 0.263 e. The summed E-state index contributed by atoms with van der Waals surface area (Å²) in [6.07, 6.45) is 3.81. The summed E-state index contributed by atoms with van der Waals surface area (Å²) < 4.78 is 9.19. The van der Waals surface area contributed by atoms with Gasteiger partial charge in [-0.2, -0.15) is 5.10 Å². The zero-order chi connectivity index (χ0) is 18.3. The molecule has 1 saturated heterocycles. The van der Waals surface area contributed by atoms with E-state index in [1.165, 1.54) is 0 Å². The number of aryl methyl sites for hydroxylation is 2. The average Bonchev–Trinajstić information content (AvgIpc) is 3.25. The molecule has 0 spiro atoms. The van der Waals surface area contributed by atoms with Crippen LogP contribution in [0.3, 0.4) is 0 Å². The molecular weight excluding hydrogens is 332 g/mol. The fraction of sp³-hybridized carbons (Fsp3) is 0.526. The minimum absolute atomic E-state index is 0.0608. The Kier molecular flexibility index (Phi) is 4.40. The van der Waals surface area contributed by atoms with Gasteiger partial charge < -0.3 is 14.2 Å². The lowest BCUT2D eigenvalue weighted by atomic mass is 10.1. The van der Waals surface area contributed by atoms with Crippen LogP contribution in [-0.2, 0) is 24.4 Å². The molecule has 2 aromatic rings. The molecule has 0 aromatic carbocycles. The molecule has 1 amide bonds. The number of carbonyl (C=O) groups is 1. The summed E-state index contributed by atoms with van der Waals surface area (Å²) in [6, 6.07) is 3.84. The van der Waals surface area contributed by atoms with Crippen molar-refractivity contribution in [2.75, 3.05) is 13.2 Å². The topological polar surface area (TPSA) is 69.4 Å². The van der Waals surface area contributed by atoms with E-state index in [0.29, 0.717) is 26.2 Å².